The summed E-state index contributed by atoms with van der Waals surface area (Å²) in [5.41, 5.74) is 2.83. The minimum Gasteiger partial charge on any atom is -0.322 e. The number of alkyl halides is 3. The Morgan fingerprint density at radius 2 is 1.80 bits per heavy atom. The molecule has 0 spiro atoms. The molecule has 0 saturated heterocycles. The Morgan fingerprint density at radius 1 is 1.20 bits per heavy atom. The van der Waals surface area contributed by atoms with E-state index in [-0.39, 0.29) is 0 Å². The van der Waals surface area contributed by atoms with Crippen LogP contribution < -0.4 is 5.32 Å². The lowest BCUT2D eigenvalue weighted by atomic mass is 10.1. The van der Waals surface area contributed by atoms with Gasteiger partial charge in [0, 0.05) is 5.69 Å². The number of carbonyl (C=O) groups is 1. The van der Waals surface area contributed by atoms with Gasteiger partial charge in [-0.2, -0.15) is 0 Å². The summed E-state index contributed by atoms with van der Waals surface area (Å²) < 4.78 is -1.93. The van der Waals surface area contributed by atoms with Crippen molar-refractivity contribution in [2.24, 2.45) is 0 Å². The number of carbonyl (C=O) groups excluding carboxylic acids is 1. The fourth-order valence-corrected chi connectivity index (χ4v) is 1.16. The largest absolute Gasteiger partial charge is 0.322 e. The molecule has 82 valence electrons. The van der Waals surface area contributed by atoms with Crippen LogP contribution in [0.3, 0.4) is 0 Å². The molecule has 0 unspecified atom stereocenters. The Bertz CT molecular complexity index is 385. The number of anilines is 1. The van der Waals surface area contributed by atoms with Gasteiger partial charge >= 0.3 is 0 Å². The summed E-state index contributed by atoms with van der Waals surface area (Å²) in [7, 11) is 0. The van der Waals surface area contributed by atoms with E-state index in [9.17, 15) is 4.79 Å². The van der Waals surface area contributed by atoms with Crippen molar-refractivity contribution in [2.45, 2.75) is 17.6 Å². The van der Waals surface area contributed by atoms with Crippen LogP contribution in [0.25, 0.3) is 0 Å². The van der Waals surface area contributed by atoms with Crippen LogP contribution in [0, 0.1) is 13.8 Å². The summed E-state index contributed by atoms with van der Waals surface area (Å²) in [5, 5.41) is 2.52. The van der Waals surface area contributed by atoms with E-state index in [1.807, 2.05) is 26.0 Å². The average Bonchev–Trinajstić information content (AvgIpc) is 2.10. The maximum absolute atomic E-state index is 11.3. The van der Waals surface area contributed by atoms with Gasteiger partial charge in [0.25, 0.3) is 9.70 Å². The summed E-state index contributed by atoms with van der Waals surface area (Å²) in [6.07, 6.45) is 0. The number of hydrogen-bond donors (Lipinski definition) is 1. The van der Waals surface area contributed by atoms with E-state index in [1.54, 1.807) is 6.07 Å². The van der Waals surface area contributed by atoms with E-state index in [4.69, 9.17) is 34.8 Å². The van der Waals surface area contributed by atoms with E-state index in [0.717, 1.165) is 11.1 Å². The summed E-state index contributed by atoms with van der Waals surface area (Å²) in [4.78, 5) is 11.3. The number of halogens is 3. The minimum atomic E-state index is -1.93. The molecule has 0 heterocycles. The summed E-state index contributed by atoms with van der Waals surface area (Å²) >= 11 is 16.3. The molecule has 0 fully saturated rings. The SMILES string of the molecule is Cc1ccc(NC(=O)C(Cl)(Cl)Cl)cc1C. The normalized spacial score (nSPS) is 11.3. The lowest BCUT2D eigenvalue weighted by molar-refractivity contribution is -0.115. The predicted octanol–water partition coefficient (Wildman–Crippen LogP) is 3.61. The zero-order chi connectivity index (χ0) is 11.6. The monoisotopic (exact) mass is 265 g/mol. The van der Waals surface area contributed by atoms with Crippen molar-refractivity contribution in [1.29, 1.82) is 0 Å². The van der Waals surface area contributed by atoms with Gasteiger partial charge in [-0.15, -0.1) is 0 Å². The second-order valence-electron chi connectivity index (χ2n) is 3.25. The molecular formula is C10H10Cl3NO. The van der Waals surface area contributed by atoms with Crippen molar-refractivity contribution >= 4 is 46.4 Å². The van der Waals surface area contributed by atoms with Crippen molar-refractivity contribution in [1.82, 2.24) is 0 Å². The van der Waals surface area contributed by atoms with Crippen LogP contribution in [0.15, 0.2) is 18.2 Å². The molecule has 1 N–H and O–H groups in total. The summed E-state index contributed by atoms with van der Waals surface area (Å²) in [6, 6.07) is 5.48. The number of benzene rings is 1. The second kappa shape index (κ2) is 4.60. The molecular weight excluding hydrogens is 256 g/mol. The van der Waals surface area contributed by atoms with Crippen LogP contribution in [-0.2, 0) is 4.79 Å². The van der Waals surface area contributed by atoms with E-state index >= 15 is 0 Å². The molecule has 0 aromatic heterocycles. The third kappa shape index (κ3) is 3.56. The quantitative estimate of drug-likeness (QED) is 0.773. The smallest absolute Gasteiger partial charge is 0.276 e. The van der Waals surface area contributed by atoms with Gasteiger partial charge in [0.1, 0.15) is 0 Å². The van der Waals surface area contributed by atoms with Crippen molar-refractivity contribution < 1.29 is 4.79 Å². The van der Waals surface area contributed by atoms with Gasteiger partial charge in [-0.1, -0.05) is 40.9 Å². The lowest BCUT2D eigenvalue weighted by Crippen LogP contribution is -2.26. The molecule has 1 aromatic rings. The number of aryl methyl sites for hydroxylation is 2. The molecule has 0 atom stereocenters. The van der Waals surface area contributed by atoms with Gasteiger partial charge < -0.3 is 5.32 Å². The lowest BCUT2D eigenvalue weighted by Gasteiger charge is -2.12. The van der Waals surface area contributed by atoms with E-state index < -0.39 is 9.70 Å². The molecule has 1 rings (SSSR count). The van der Waals surface area contributed by atoms with Crippen LogP contribution in [-0.4, -0.2) is 9.70 Å². The molecule has 0 saturated carbocycles. The fraction of sp³-hybridized carbons (Fsp3) is 0.300. The van der Waals surface area contributed by atoms with E-state index in [0.29, 0.717) is 5.69 Å². The van der Waals surface area contributed by atoms with Crippen LogP contribution in [0.2, 0.25) is 0 Å². The molecule has 0 aliphatic rings. The molecule has 15 heavy (non-hydrogen) atoms. The maximum atomic E-state index is 11.3. The minimum absolute atomic E-state index is 0.620. The van der Waals surface area contributed by atoms with Gasteiger partial charge in [0.05, 0.1) is 0 Å². The Kier molecular flexibility index (Phi) is 3.87. The Balaban J connectivity index is 2.83. The first-order valence-corrected chi connectivity index (χ1v) is 5.39. The van der Waals surface area contributed by atoms with Crippen molar-refractivity contribution in [3.05, 3.63) is 29.3 Å². The molecule has 0 radical (unpaired) electrons. The Morgan fingerprint density at radius 3 is 2.27 bits per heavy atom. The van der Waals surface area contributed by atoms with Crippen LogP contribution in [0.1, 0.15) is 11.1 Å². The first-order valence-electron chi connectivity index (χ1n) is 4.26. The van der Waals surface area contributed by atoms with Gasteiger partial charge in [-0.25, -0.2) is 0 Å². The zero-order valence-electron chi connectivity index (χ0n) is 8.27. The fourth-order valence-electron chi connectivity index (χ4n) is 1.02. The highest BCUT2D eigenvalue weighted by molar-refractivity contribution is 6.76. The molecule has 1 aromatic carbocycles. The summed E-state index contributed by atoms with van der Waals surface area (Å²) in [5.74, 6) is -0.657. The van der Waals surface area contributed by atoms with Crippen molar-refractivity contribution in [3.8, 4) is 0 Å². The highest BCUT2D eigenvalue weighted by atomic mass is 35.6. The molecule has 0 bridgehead atoms. The second-order valence-corrected chi connectivity index (χ2v) is 5.53. The Labute approximate surface area is 104 Å². The van der Waals surface area contributed by atoms with Crippen LogP contribution in [0.5, 0.6) is 0 Å². The van der Waals surface area contributed by atoms with Gasteiger partial charge in [0.15, 0.2) is 0 Å². The van der Waals surface area contributed by atoms with Gasteiger partial charge in [-0.3, -0.25) is 4.79 Å². The average molecular weight is 267 g/mol. The predicted molar refractivity (Wildman–Crippen MR) is 64.8 cm³/mol. The first-order chi connectivity index (χ1) is 6.80. The van der Waals surface area contributed by atoms with Gasteiger partial charge in [-0.05, 0) is 37.1 Å². The molecule has 2 nitrogen and oxygen atoms in total. The van der Waals surface area contributed by atoms with Crippen molar-refractivity contribution in [2.75, 3.05) is 5.32 Å². The van der Waals surface area contributed by atoms with Crippen molar-refractivity contribution in [3.63, 3.8) is 0 Å². The van der Waals surface area contributed by atoms with E-state index in [1.165, 1.54) is 0 Å². The third-order valence-electron chi connectivity index (χ3n) is 2.02. The number of amides is 1. The highest BCUT2D eigenvalue weighted by Crippen LogP contribution is 2.27. The van der Waals surface area contributed by atoms with Gasteiger partial charge in [0.2, 0.25) is 0 Å². The zero-order valence-corrected chi connectivity index (χ0v) is 10.5. The highest BCUT2D eigenvalue weighted by Gasteiger charge is 2.30. The number of hydrogen-bond acceptors (Lipinski definition) is 1. The van der Waals surface area contributed by atoms with Crippen LogP contribution in [0.4, 0.5) is 5.69 Å². The topological polar surface area (TPSA) is 29.1 Å². The molecule has 1 amide bonds. The van der Waals surface area contributed by atoms with E-state index in [2.05, 4.69) is 5.32 Å². The van der Waals surface area contributed by atoms with Crippen LogP contribution >= 0.6 is 34.8 Å². The maximum Gasteiger partial charge on any atom is 0.276 e. The molecule has 0 aliphatic heterocycles. The standard InChI is InChI=1S/C10H10Cl3NO/c1-6-3-4-8(5-7(6)2)14-9(15)10(11,12)13/h3-5H,1-2H3,(H,14,15). The third-order valence-corrected chi connectivity index (χ3v) is 2.54. The Hall–Kier alpha value is -0.440. The number of rotatable bonds is 1. The summed E-state index contributed by atoms with van der Waals surface area (Å²) in [6.45, 7) is 3.93. The number of nitrogens with one attached hydrogen (secondary N) is 1. The first kappa shape index (κ1) is 12.6. The molecule has 5 heteroatoms. The molecule has 0 aliphatic carbocycles.